The van der Waals surface area contributed by atoms with Crippen LogP contribution in [-0.2, 0) is 16.1 Å². The average Bonchev–Trinajstić information content (AvgIpc) is 2.32. The van der Waals surface area contributed by atoms with Gasteiger partial charge in [-0.2, -0.15) is 0 Å². The smallest absolute Gasteiger partial charge is 0.320 e. The minimum Gasteiger partial charge on any atom is -0.465 e. The first-order chi connectivity index (χ1) is 8.67. The predicted molar refractivity (Wildman–Crippen MR) is 76.3 cm³/mol. The van der Waals surface area contributed by atoms with Crippen molar-refractivity contribution in [1.29, 1.82) is 0 Å². The molecule has 1 rings (SSSR count). The minimum atomic E-state index is -0.155. The van der Waals surface area contributed by atoms with Gasteiger partial charge in [0.1, 0.15) is 0 Å². The summed E-state index contributed by atoms with van der Waals surface area (Å²) < 4.78 is 6.07. The topological polar surface area (TPSA) is 29.5 Å². The van der Waals surface area contributed by atoms with E-state index in [1.807, 2.05) is 25.1 Å². The number of ether oxygens (including phenoxy) is 1. The Morgan fingerprint density at radius 1 is 1.33 bits per heavy atom. The fourth-order valence-electron chi connectivity index (χ4n) is 1.79. The second-order valence-electron chi connectivity index (χ2n) is 4.11. The molecule has 18 heavy (non-hydrogen) atoms. The number of esters is 1. The third kappa shape index (κ3) is 5.19. The number of hydrogen-bond acceptors (Lipinski definition) is 3. The number of carbonyl (C=O) groups excluding carboxylic acids is 1. The zero-order valence-electron chi connectivity index (χ0n) is 11.0. The van der Waals surface area contributed by atoms with Gasteiger partial charge in [0.05, 0.1) is 13.2 Å². The summed E-state index contributed by atoms with van der Waals surface area (Å²) >= 11 is 3.53. The largest absolute Gasteiger partial charge is 0.465 e. The van der Waals surface area contributed by atoms with Crippen molar-refractivity contribution in [2.24, 2.45) is 0 Å². The first-order valence-corrected chi connectivity index (χ1v) is 7.08. The Morgan fingerprint density at radius 3 is 2.67 bits per heavy atom. The predicted octanol–water partition coefficient (Wildman–Crippen LogP) is 3.22. The number of nitrogens with zero attached hydrogens (tertiary/aromatic N) is 1. The van der Waals surface area contributed by atoms with E-state index in [-0.39, 0.29) is 5.97 Å². The van der Waals surface area contributed by atoms with E-state index >= 15 is 0 Å². The van der Waals surface area contributed by atoms with Crippen LogP contribution in [0.15, 0.2) is 28.7 Å². The highest BCUT2D eigenvalue weighted by Crippen LogP contribution is 2.17. The fraction of sp³-hybridized carbons (Fsp3) is 0.500. The van der Waals surface area contributed by atoms with Crippen molar-refractivity contribution in [1.82, 2.24) is 4.90 Å². The van der Waals surface area contributed by atoms with E-state index in [0.717, 1.165) is 24.0 Å². The summed E-state index contributed by atoms with van der Waals surface area (Å²) in [5.74, 6) is -0.155. The molecular weight excluding hydrogens is 294 g/mol. The van der Waals surface area contributed by atoms with E-state index in [0.29, 0.717) is 13.2 Å². The molecule has 0 heterocycles. The zero-order chi connectivity index (χ0) is 13.4. The Hall–Kier alpha value is -0.870. The van der Waals surface area contributed by atoms with Gasteiger partial charge in [-0.25, -0.2) is 0 Å². The lowest BCUT2D eigenvalue weighted by atomic mass is 10.2. The highest BCUT2D eigenvalue weighted by Gasteiger charge is 2.12. The van der Waals surface area contributed by atoms with Crippen LogP contribution in [0.4, 0.5) is 0 Å². The van der Waals surface area contributed by atoms with Crippen LogP contribution in [0.3, 0.4) is 0 Å². The van der Waals surface area contributed by atoms with Crippen LogP contribution in [0.5, 0.6) is 0 Å². The average molecular weight is 314 g/mol. The van der Waals surface area contributed by atoms with Crippen LogP contribution in [0.2, 0.25) is 0 Å². The Kier molecular flexibility index (Phi) is 6.98. The van der Waals surface area contributed by atoms with Crippen molar-refractivity contribution in [3.63, 3.8) is 0 Å². The molecule has 3 nitrogen and oxygen atoms in total. The summed E-state index contributed by atoms with van der Waals surface area (Å²) in [4.78, 5) is 13.6. The highest BCUT2D eigenvalue weighted by atomic mass is 79.9. The van der Waals surface area contributed by atoms with Gasteiger partial charge in [-0.15, -0.1) is 0 Å². The molecule has 0 amide bonds. The standard InChI is InChI=1S/C14H20BrNO2/c1-3-9-16(11-14(17)18-4-2)10-12-7-5-6-8-13(12)15/h5-8H,3-4,9-11H2,1-2H3. The normalized spacial score (nSPS) is 10.7. The highest BCUT2D eigenvalue weighted by molar-refractivity contribution is 9.10. The third-order valence-electron chi connectivity index (χ3n) is 2.55. The summed E-state index contributed by atoms with van der Waals surface area (Å²) in [6.07, 6.45) is 1.02. The molecule has 0 atom stereocenters. The van der Waals surface area contributed by atoms with Crippen LogP contribution in [0.1, 0.15) is 25.8 Å². The Bertz CT molecular complexity index is 382. The molecule has 0 radical (unpaired) electrons. The molecule has 4 heteroatoms. The summed E-state index contributed by atoms with van der Waals surface area (Å²) in [6.45, 7) is 6.37. The second-order valence-corrected chi connectivity index (χ2v) is 4.96. The Morgan fingerprint density at radius 2 is 2.06 bits per heavy atom. The van der Waals surface area contributed by atoms with Crippen molar-refractivity contribution >= 4 is 21.9 Å². The molecule has 100 valence electrons. The second kappa shape index (κ2) is 8.27. The van der Waals surface area contributed by atoms with Crippen molar-refractivity contribution < 1.29 is 9.53 Å². The third-order valence-corrected chi connectivity index (χ3v) is 3.32. The molecule has 0 bridgehead atoms. The van der Waals surface area contributed by atoms with Crippen LogP contribution >= 0.6 is 15.9 Å². The molecule has 0 saturated heterocycles. The molecule has 0 aliphatic heterocycles. The van der Waals surface area contributed by atoms with Gasteiger partial charge < -0.3 is 4.74 Å². The van der Waals surface area contributed by atoms with Gasteiger partial charge in [-0.1, -0.05) is 41.1 Å². The lowest BCUT2D eigenvalue weighted by molar-refractivity contribution is -0.144. The molecule has 0 N–H and O–H groups in total. The molecule has 0 aliphatic carbocycles. The van der Waals surface area contributed by atoms with Gasteiger partial charge >= 0.3 is 5.97 Å². The monoisotopic (exact) mass is 313 g/mol. The number of carbonyl (C=O) groups is 1. The summed E-state index contributed by atoms with van der Waals surface area (Å²) in [6, 6.07) is 8.08. The minimum absolute atomic E-state index is 0.155. The Balaban J connectivity index is 2.62. The van der Waals surface area contributed by atoms with Gasteiger partial charge in [0, 0.05) is 11.0 Å². The van der Waals surface area contributed by atoms with Gasteiger partial charge in [0.2, 0.25) is 0 Å². The molecule has 1 aromatic rings. The van der Waals surface area contributed by atoms with E-state index in [9.17, 15) is 4.79 Å². The van der Waals surface area contributed by atoms with Crippen molar-refractivity contribution in [3.05, 3.63) is 34.3 Å². The van der Waals surface area contributed by atoms with E-state index in [2.05, 4.69) is 33.8 Å². The Labute approximate surface area is 117 Å². The van der Waals surface area contributed by atoms with E-state index in [1.165, 1.54) is 5.56 Å². The maximum Gasteiger partial charge on any atom is 0.320 e. The fourth-order valence-corrected chi connectivity index (χ4v) is 2.20. The van der Waals surface area contributed by atoms with E-state index < -0.39 is 0 Å². The summed E-state index contributed by atoms with van der Waals surface area (Å²) in [5, 5.41) is 0. The maximum absolute atomic E-state index is 11.5. The first kappa shape index (κ1) is 15.2. The molecule has 1 aromatic carbocycles. The van der Waals surface area contributed by atoms with Gasteiger partial charge in [0.25, 0.3) is 0 Å². The number of benzene rings is 1. The molecule has 0 saturated carbocycles. The van der Waals surface area contributed by atoms with Crippen LogP contribution in [0, 0.1) is 0 Å². The van der Waals surface area contributed by atoms with E-state index in [1.54, 1.807) is 0 Å². The van der Waals surface area contributed by atoms with Crippen LogP contribution < -0.4 is 0 Å². The lowest BCUT2D eigenvalue weighted by Gasteiger charge is -2.21. The number of hydrogen-bond donors (Lipinski definition) is 0. The van der Waals surface area contributed by atoms with Crippen molar-refractivity contribution in [2.75, 3.05) is 19.7 Å². The number of rotatable bonds is 7. The van der Waals surface area contributed by atoms with Crippen molar-refractivity contribution in [2.45, 2.75) is 26.8 Å². The maximum atomic E-state index is 11.5. The zero-order valence-corrected chi connectivity index (χ0v) is 12.6. The molecule has 0 unspecified atom stereocenters. The molecule has 0 aromatic heterocycles. The van der Waals surface area contributed by atoms with Gasteiger partial charge in [-0.3, -0.25) is 9.69 Å². The molecule has 0 aliphatic rings. The summed E-state index contributed by atoms with van der Waals surface area (Å²) in [5.41, 5.74) is 1.19. The van der Waals surface area contributed by atoms with Crippen LogP contribution in [-0.4, -0.2) is 30.6 Å². The van der Waals surface area contributed by atoms with Gasteiger partial charge in [-0.05, 0) is 31.5 Å². The number of halogens is 1. The van der Waals surface area contributed by atoms with Gasteiger partial charge in [0.15, 0.2) is 0 Å². The van der Waals surface area contributed by atoms with Crippen LogP contribution in [0.25, 0.3) is 0 Å². The molecule has 0 fully saturated rings. The first-order valence-electron chi connectivity index (χ1n) is 6.28. The quantitative estimate of drug-likeness (QED) is 0.724. The summed E-state index contributed by atoms with van der Waals surface area (Å²) in [7, 11) is 0. The lowest BCUT2D eigenvalue weighted by Crippen LogP contribution is -2.31. The SMILES string of the molecule is CCCN(CC(=O)OCC)Cc1ccccc1Br. The van der Waals surface area contributed by atoms with Crippen molar-refractivity contribution in [3.8, 4) is 0 Å². The molecule has 0 spiro atoms. The molecular formula is C14H20BrNO2. The van der Waals surface area contributed by atoms with E-state index in [4.69, 9.17) is 4.74 Å².